The molecule has 2 aromatic heterocycles. The van der Waals surface area contributed by atoms with Gasteiger partial charge in [0.05, 0.1) is 11.4 Å². The third-order valence-electron chi connectivity index (χ3n) is 5.25. The van der Waals surface area contributed by atoms with Crippen molar-refractivity contribution in [2.75, 3.05) is 13.1 Å². The van der Waals surface area contributed by atoms with Gasteiger partial charge in [-0.15, -0.1) is 0 Å². The second kappa shape index (κ2) is 8.86. The Kier molecular flexibility index (Phi) is 6.26. The van der Waals surface area contributed by atoms with E-state index in [2.05, 4.69) is 28.7 Å². The predicted octanol–water partition coefficient (Wildman–Crippen LogP) is 3.64. The molecule has 0 saturated carbocycles. The van der Waals surface area contributed by atoms with E-state index in [9.17, 15) is 4.79 Å². The number of amides is 1. The minimum atomic E-state index is -0.0704. The fraction of sp³-hybridized carbons (Fsp3) is 0.364. The second-order valence-corrected chi connectivity index (χ2v) is 7.28. The first kappa shape index (κ1) is 20.5. The highest BCUT2D eigenvalue weighted by molar-refractivity contribution is 6.08. The molecule has 0 bridgehead atoms. The average molecular weight is 393 g/mol. The topological polar surface area (TPSA) is 112 Å². The SMILES string of the molecule is C=Cc1[nH]nc(C(=O)N2CCC2)c1-c1cnc(C(C=N)=C(C)N)cc1CCCC. The minimum Gasteiger partial charge on any atom is -0.402 e. The number of hydrogen-bond donors (Lipinski definition) is 3. The molecule has 1 amide bonds. The van der Waals surface area contributed by atoms with Crippen molar-refractivity contribution in [3.63, 3.8) is 0 Å². The largest absolute Gasteiger partial charge is 0.402 e. The number of unbranched alkanes of at least 4 members (excludes halogenated alkanes) is 1. The quantitative estimate of drug-likeness (QED) is 0.595. The number of aromatic nitrogens is 3. The first-order valence-electron chi connectivity index (χ1n) is 9.98. The van der Waals surface area contributed by atoms with Gasteiger partial charge in [0.15, 0.2) is 5.69 Å². The molecular weight excluding hydrogens is 364 g/mol. The predicted molar refractivity (Wildman–Crippen MR) is 117 cm³/mol. The third kappa shape index (κ3) is 3.99. The lowest BCUT2D eigenvalue weighted by molar-refractivity contribution is 0.0646. The molecule has 0 atom stereocenters. The van der Waals surface area contributed by atoms with Crippen LogP contribution in [0.3, 0.4) is 0 Å². The average Bonchev–Trinajstić information content (AvgIpc) is 3.09. The van der Waals surface area contributed by atoms with Gasteiger partial charge in [-0.2, -0.15) is 5.10 Å². The van der Waals surface area contributed by atoms with Crippen LogP contribution >= 0.6 is 0 Å². The number of allylic oxidation sites excluding steroid dienone is 2. The number of carbonyl (C=O) groups is 1. The molecule has 0 aromatic carbocycles. The Morgan fingerprint density at radius 1 is 1.45 bits per heavy atom. The first-order chi connectivity index (χ1) is 14.0. The van der Waals surface area contributed by atoms with E-state index in [1.54, 1.807) is 24.1 Å². The van der Waals surface area contributed by atoms with Crippen LogP contribution in [0.1, 0.15) is 60.5 Å². The van der Waals surface area contributed by atoms with Crippen LogP contribution in [0.15, 0.2) is 24.5 Å². The van der Waals surface area contributed by atoms with Crippen molar-refractivity contribution in [3.8, 4) is 11.1 Å². The van der Waals surface area contributed by atoms with Gasteiger partial charge in [-0.05, 0) is 43.9 Å². The summed E-state index contributed by atoms with van der Waals surface area (Å²) < 4.78 is 0. The molecule has 3 rings (SSSR count). The van der Waals surface area contributed by atoms with Gasteiger partial charge in [0, 0.05) is 47.9 Å². The molecule has 1 fully saturated rings. The molecule has 2 aromatic rings. The van der Waals surface area contributed by atoms with Crippen LogP contribution in [0.2, 0.25) is 0 Å². The smallest absolute Gasteiger partial charge is 0.275 e. The molecule has 1 aliphatic heterocycles. The Balaban J connectivity index is 2.15. The highest BCUT2D eigenvalue weighted by Crippen LogP contribution is 2.33. The number of aryl methyl sites for hydroxylation is 1. The van der Waals surface area contributed by atoms with Crippen LogP contribution in [-0.4, -0.2) is 45.3 Å². The lowest BCUT2D eigenvalue weighted by Crippen LogP contribution is -2.42. The van der Waals surface area contributed by atoms with Crippen molar-refractivity contribution >= 4 is 23.8 Å². The van der Waals surface area contributed by atoms with Crippen molar-refractivity contribution < 1.29 is 4.79 Å². The highest BCUT2D eigenvalue weighted by Gasteiger charge is 2.29. The summed E-state index contributed by atoms with van der Waals surface area (Å²) in [5.41, 5.74) is 11.5. The number of rotatable bonds is 8. The Bertz CT molecular complexity index is 964. The maximum absolute atomic E-state index is 12.9. The van der Waals surface area contributed by atoms with E-state index in [1.807, 2.05) is 6.07 Å². The third-order valence-corrected chi connectivity index (χ3v) is 5.25. The summed E-state index contributed by atoms with van der Waals surface area (Å²) in [5.74, 6) is -0.0704. The van der Waals surface area contributed by atoms with Crippen molar-refractivity contribution in [2.45, 2.75) is 39.5 Å². The van der Waals surface area contributed by atoms with E-state index in [4.69, 9.17) is 11.1 Å². The molecule has 4 N–H and O–H groups in total. The fourth-order valence-electron chi connectivity index (χ4n) is 3.43. The van der Waals surface area contributed by atoms with Gasteiger partial charge in [0.2, 0.25) is 0 Å². The van der Waals surface area contributed by atoms with Crippen LogP contribution in [-0.2, 0) is 6.42 Å². The zero-order chi connectivity index (χ0) is 21.0. The summed E-state index contributed by atoms with van der Waals surface area (Å²) in [6, 6.07) is 1.97. The summed E-state index contributed by atoms with van der Waals surface area (Å²) in [6.45, 7) is 9.30. The minimum absolute atomic E-state index is 0.0704. The number of nitrogens with two attached hydrogens (primary N) is 1. The second-order valence-electron chi connectivity index (χ2n) is 7.28. The molecule has 0 unspecified atom stereocenters. The number of pyridine rings is 1. The molecule has 1 aliphatic rings. The van der Waals surface area contributed by atoms with Crippen molar-refractivity contribution in [1.82, 2.24) is 20.1 Å². The van der Waals surface area contributed by atoms with Gasteiger partial charge in [0.1, 0.15) is 0 Å². The maximum atomic E-state index is 12.9. The summed E-state index contributed by atoms with van der Waals surface area (Å²) in [4.78, 5) is 19.3. The Labute approximate surface area is 171 Å². The molecule has 7 heteroatoms. The van der Waals surface area contributed by atoms with Crippen LogP contribution < -0.4 is 5.73 Å². The summed E-state index contributed by atoms with van der Waals surface area (Å²) in [7, 11) is 0. The Morgan fingerprint density at radius 2 is 2.21 bits per heavy atom. The Morgan fingerprint density at radius 3 is 2.76 bits per heavy atom. The number of nitrogens with zero attached hydrogens (tertiary/aromatic N) is 3. The van der Waals surface area contributed by atoms with Gasteiger partial charge in [-0.25, -0.2) is 0 Å². The van der Waals surface area contributed by atoms with E-state index in [0.717, 1.165) is 55.5 Å². The molecule has 7 nitrogen and oxygen atoms in total. The first-order valence-corrected chi connectivity index (χ1v) is 9.98. The maximum Gasteiger partial charge on any atom is 0.275 e. The monoisotopic (exact) mass is 392 g/mol. The fourth-order valence-corrected chi connectivity index (χ4v) is 3.43. The molecular formula is C22H28N6O. The summed E-state index contributed by atoms with van der Waals surface area (Å²) in [6.07, 6.45) is 8.56. The van der Waals surface area contributed by atoms with Crippen molar-refractivity contribution in [3.05, 3.63) is 47.2 Å². The number of H-pyrrole nitrogens is 1. The standard InChI is InChI=1S/C22H28N6O/c1-4-6-8-15-11-19(16(12-23)14(3)24)25-13-17(15)20-18(5-2)26-27-21(20)22(29)28-9-7-10-28/h5,11-13,23H,2,4,6-10,24H2,1,3H3,(H,26,27). The normalized spacial score (nSPS) is 14.2. The molecule has 1 saturated heterocycles. The molecule has 0 aliphatic carbocycles. The van der Waals surface area contributed by atoms with Gasteiger partial charge in [-0.3, -0.25) is 14.9 Å². The lowest BCUT2D eigenvalue weighted by Gasteiger charge is -2.30. The van der Waals surface area contributed by atoms with Crippen molar-refractivity contribution in [2.24, 2.45) is 5.73 Å². The van der Waals surface area contributed by atoms with Gasteiger partial charge >= 0.3 is 0 Å². The van der Waals surface area contributed by atoms with Crippen LogP contribution in [0.4, 0.5) is 0 Å². The number of carbonyl (C=O) groups excluding carboxylic acids is 1. The van der Waals surface area contributed by atoms with Gasteiger partial charge in [-0.1, -0.05) is 19.9 Å². The molecule has 3 heterocycles. The number of likely N-dealkylation sites (tertiary alicyclic amines) is 1. The van der Waals surface area contributed by atoms with Gasteiger partial charge in [0.25, 0.3) is 5.91 Å². The zero-order valence-electron chi connectivity index (χ0n) is 17.1. The van der Waals surface area contributed by atoms with E-state index < -0.39 is 0 Å². The van der Waals surface area contributed by atoms with Crippen LogP contribution in [0.5, 0.6) is 0 Å². The van der Waals surface area contributed by atoms with Gasteiger partial charge < -0.3 is 16.0 Å². The van der Waals surface area contributed by atoms with Crippen LogP contribution in [0.25, 0.3) is 22.8 Å². The number of nitrogens with one attached hydrogen (secondary N) is 2. The molecule has 152 valence electrons. The number of aromatic amines is 1. The Hall–Kier alpha value is -3.22. The molecule has 0 spiro atoms. The van der Waals surface area contributed by atoms with E-state index in [-0.39, 0.29) is 5.91 Å². The summed E-state index contributed by atoms with van der Waals surface area (Å²) >= 11 is 0. The van der Waals surface area contributed by atoms with E-state index in [0.29, 0.717) is 28.4 Å². The zero-order valence-corrected chi connectivity index (χ0v) is 17.1. The molecule has 29 heavy (non-hydrogen) atoms. The molecule has 0 radical (unpaired) electrons. The van der Waals surface area contributed by atoms with E-state index >= 15 is 0 Å². The highest BCUT2D eigenvalue weighted by atomic mass is 16.2. The number of hydrogen-bond acceptors (Lipinski definition) is 5. The van der Waals surface area contributed by atoms with Crippen molar-refractivity contribution in [1.29, 1.82) is 5.41 Å². The lowest BCUT2D eigenvalue weighted by atomic mass is 9.94. The van der Waals surface area contributed by atoms with Crippen LogP contribution in [0, 0.1) is 5.41 Å². The van der Waals surface area contributed by atoms with E-state index in [1.165, 1.54) is 6.21 Å². The summed E-state index contributed by atoms with van der Waals surface area (Å²) in [5, 5.41) is 14.9.